The second-order valence-corrected chi connectivity index (χ2v) is 7.21. The molecule has 3 heterocycles. The van der Waals surface area contributed by atoms with E-state index in [1.165, 1.54) is 5.00 Å². The van der Waals surface area contributed by atoms with Crippen LogP contribution in [0.5, 0.6) is 0 Å². The zero-order valence-electron chi connectivity index (χ0n) is 11.3. The Bertz CT molecular complexity index is 742. The zero-order chi connectivity index (χ0) is 14.2. The first-order valence-corrected chi connectivity index (χ1v) is 8.49. The Kier molecular flexibility index (Phi) is 3.40. The van der Waals surface area contributed by atoms with Crippen molar-refractivity contribution in [3.05, 3.63) is 28.2 Å². The van der Waals surface area contributed by atoms with Crippen molar-refractivity contribution in [2.24, 2.45) is 0 Å². The average Bonchev–Trinajstić information content (AvgIpc) is 3.11. The van der Waals surface area contributed by atoms with E-state index in [1.807, 2.05) is 24.3 Å². The number of para-hydroxylation sites is 2. The molecule has 0 saturated carbocycles. The molecule has 0 unspecified atom stereocenters. The maximum Gasteiger partial charge on any atom is 0.161 e. The second-order valence-electron chi connectivity index (χ2n) is 4.96. The number of anilines is 1. The summed E-state index contributed by atoms with van der Waals surface area (Å²) in [5.74, 6) is 0.840. The van der Waals surface area contributed by atoms with Gasteiger partial charge in [0, 0.05) is 26.2 Å². The number of thiazole rings is 1. The Morgan fingerprint density at radius 2 is 1.95 bits per heavy atom. The Labute approximate surface area is 134 Å². The molecule has 0 aliphatic carbocycles. The van der Waals surface area contributed by atoms with Crippen LogP contribution < -0.4 is 10.2 Å². The van der Waals surface area contributed by atoms with Crippen LogP contribution in [0.1, 0.15) is 0 Å². The summed E-state index contributed by atoms with van der Waals surface area (Å²) < 4.78 is 0.895. The molecule has 2 N–H and O–H groups in total. The lowest BCUT2D eigenvalue weighted by Gasteiger charge is -2.28. The number of H-pyrrole nitrogens is 1. The van der Waals surface area contributed by atoms with E-state index in [-0.39, 0.29) is 0 Å². The Balaban J connectivity index is 1.80. The van der Waals surface area contributed by atoms with Gasteiger partial charge in [-0.2, -0.15) is 0 Å². The van der Waals surface area contributed by atoms with Gasteiger partial charge in [0.25, 0.3) is 0 Å². The molecule has 0 spiro atoms. The highest BCUT2D eigenvalue weighted by Gasteiger charge is 2.21. The number of rotatable bonds is 2. The third-order valence-corrected chi connectivity index (χ3v) is 5.17. The van der Waals surface area contributed by atoms with Gasteiger partial charge in [0.1, 0.15) is 10.7 Å². The number of aromatic nitrogens is 3. The van der Waals surface area contributed by atoms with Crippen LogP contribution in [0.15, 0.2) is 28.2 Å². The molecule has 2 aromatic heterocycles. The van der Waals surface area contributed by atoms with Gasteiger partial charge in [-0.3, -0.25) is 0 Å². The summed E-state index contributed by atoms with van der Waals surface area (Å²) in [5.41, 5.74) is 2.95. The maximum atomic E-state index is 4.68. The molecule has 0 radical (unpaired) electrons. The Hall–Kier alpha value is -1.44. The van der Waals surface area contributed by atoms with E-state index in [0.717, 1.165) is 52.6 Å². The summed E-state index contributed by atoms with van der Waals surface area (Å²) in [5, 5.41) is 4.56. The normalized spacial score (nSPS) is 15.8. The molecular formula is C14H14BrN5S. The van der Waals surface area contributed by atoms with Crippen molar-refractivity contribution < 1.29 is 0 Å². The number of hydrogen-bond donors (Lipinski definition) is 2. The fourth-order valence-corrected chi connectivity index (χ4v) is 4.07. The average molecular weight is 364 g/mol. The number of halogens is 1. The van der Waals surface area contributed by atoms with Gasteiger partial charge >= 0.3 is 0 Å². The van der Waals surface area contributed by atoms with E-state index in [2.05, 4.69) is 41.1 Å². The predicted octanol–water partition coefficient (Wildman–Crippen LogP) is 2.86. The van der Waals surface area contributed by atoms with Crippen LogP contribution in [-0.4, -0.2) is 41.1 Å². The number of piperazine rings is 1. The van der Waals surface area contributed by atoms with Crippen molar-refractivity contribution in [2.45, 2.75) is 0 Å². The first-order chi connectivity index (χ1) is 10.3. The minimum absolute atomic E-state index is 0.840. The molecule has 7 heteroatoms. The highest BCUT2D eigenvalue weighted by atomic mass is 79.9. The lowest BCUT2D eigenvalue weighted by Crippen LogP contribution is -2.43. The summed E-state index contributed by atoms with van der Waals surface area (Å²) >= 11 is 5.18. The SMILES string of the molecule is Brc1nc(-c2nc3ccccc3[nH]2)c(N2CCNCC2)s1. The van der Waals surface area contributed by atoms with Crippen molar-refractivity contribution in [3.63, 3.8) is 0 Å². The third kappa shape index (κ3) is 2.45. The summed E-state index contributed by atoms with van der Waals surface area (Å²) in [6, 6.07) is 8.07. The van der Waals surface area contributed by atoms with Crippen LogP contribution in [0.4, 0.5) is 5.00 Å². The Morgan fingerprint density at radius 3 is 2.76 bits per heavy atom. The summed E-state index contributed by atoms with van der Waals surface area (Å²) in [6.45, 7) is 4.02. The molecule has 3 aromatic rings. The second kappa shape index (κ2) is 5.40. The molecule has 21 heavy (non-hydrogen) atoms. The number of imidazole rings is 1. The van der Waals surface area contributed by atoms with E-state index in [0.29, 0.717) is 0 Å². The van der Waals surface area contributed by atoms with Gasteiger partial charge in [-0.05, 0) is 28.1 Å². The van der Waals surface area contributed by atoms with E-state index >= 15 is 0 Å². The van der Waals surface area contributed by atoms with Crippen LogP contribution in [0, 0.1) is 0 Å². The van der Waals surface area contributed by atoms with E-state index in [4.69, 9.17) is 0 Å². The van der Waals surface area contributed by atoms with Gasteiger partial charge in [0.2, 0.25) is 0 Å². The maximum absolute atomic E-state index is 4.68. The molecule has 108 valence electrons. The summed E-state index contributed by atoms with van der Waals surface area (Å²) in [4.78, 5) is 15.1. The fraction of sp³-hybridized carbons (Fsp3) is 0.286. The molecule has 4 rings (SSSR count). The van der Waals surface area contributed by atoms with Crippen molar-refractivity contribution in [3.8, 4) is 11.5 Å². The van der Waals surface area contributed by atoms with E-state index in [1.54, 1.807) is 11.3 Å². The lowest BCUT2D eigenvalue weighted by atomic mass is 10.3. The molecule has 1 saturated heterocycles. The largest absolute Gasteiger partial charge is 0.359 e. The summed E-state index contributed by atoms with van der Waals surface area (Å²) in [7, 11) is 0. The van der Waals surface area contributed by atoms with Gasteiger partial charge < -0.3 is 15.2 Å². The highest BCUT2D eigenvalue weighted by Crippen LogP contribution is 2.37. The fourth-order valence-electron chi connectivity index (χ4n) is 2.59. The minimum atomic E-state index is 0.840. The van der Waals surface area contributed by atoms with Crippen LogP contribution >= 0.6 is 27.3 Å². The molecule has 0 bridgehead atoms. The summed E-state index contributed by atoms with van der Waals surface area (Å²) in [6.07, 6.45) is 0. The number of nitrogens with one attached hydrogen (secondary N) is 2. The van der Waals surface area contributed by atoms with Gasteiger partial charge in [-0.15, -0.1) is 0 Å². The first-order valence-electron chi connectivity index (χ1n) is 6.88. The molecular weight excluding hydrogens is 350 g/mol. The molecule has 1 aliphatic rings. The molecule has 0 atom stereocenters. The third-order valence-electron chi connectivity index (χ3n) is 3.60. The highest BCUT2D eigenvalue weighted by molar-refractivity contribution is 9.11. The number of aromatic amines is 1. The number of nitrogens with zero attached hydrogens (tertiary/aromatic N) is 3. The zero-order valence-corrected chi connectivity index (χ0v) is 13.7. The van der Waals surface area contributed by atoms with Crippen molar-refractivity contribution in [1.29, 1.82) is 0 Å². The van der Waals surface area contributed by atoms with Crippen molar-refractivity contribution in [1.82, 2.24) is 20.3 Å². The number of hydrogen-bond acceptors (Lipinski definition) is 5. The van der Waals surface area contributed by atoms with Gasteiger partial charge in [-0.25, -0.2) is 9.97 Å². The van der Waals surface area contributed by atoms with Crippen molar-refractivity contribution >= 4 is 43.3 Å². The standard InChI is InChI=1S/C14H14BrN5S/c15-14-19-11(13(21-14)20-7-5-16-6-8-20)12-17-9-3-1-2-4-10(9)18-12/h1-4,16H,5-8H2,(H,17,18). The first kappa shape index (κ1) is 13.2. The van der Waals surface area contributed by atoms with E-state index < -0.39 is 0 Å². The molecule has 1 aromatic carbocycles. The van der Waals surface area contributed by atoms with Gasteiger partial charge in [-0.1, -0.05) is 23.5 Å². The molecule has 1 aliphatic heterocycles. The van der Waals surface area contributed by atoms with Crippen LogP contribution in [0.3, 0.4) is 0 Å². The Morgan fingerprint density at radius 1 is 1.14 bits per heavy atom. The van der Waals surface area contributed by atoms with Crippen molar-refractivity contribution in [2.75, 3.05) is 31.1 Å². The molecule has 1 fully saturated rings. The number of fused-ring (bicyclic) bond motifs is 1. The van der Waals surface area contributed by atoms with Gasteiger partial charge in [0.05, 0.1) is 11.0 Å². The topological polar surface area (TPSA) is 56.8 Å². The van der Waals surface area contributed by atoms with E-state index in [9.17, 15) is 0 Å². The lowest BCUT2D eigenvalue weighted by molar-refractivity contribution is 0.592. The molecule has 5 nitrogen and oxygen atoms in total. The van der Waals surface area contributed by atoms with Crippen LogP contribution in [0.25, 0.3) is 22.6 Å². The predicted molar refractivity (Wildman–Crippen MR) is 90.0 cm³/mol. The minimum Gasteiger partial charge on any atom is -0.359 e. The van der Waals surface area contributed by atoms with Gasteiger partial charge in [0.15, 0.2) is 9.74 Å². The van der Waals surface area contributed by atoms with Crippen LogP contribution in [-0.2, 0) is 0 Å². The quantitative estimate of drug-likeness (QED) is 0.734. The van der Waals surface area contributed by atoms with Crippen LogP contribution in [0.2, 0.25) is 0 Å². The monoisotopic (exact) mass is 363 g/mol. The number of benzene rings is 1. The molecule has 0 amide bonds. The smallest absolute Gasteiger partial charge is 0.161 e.